The van der Waals surface area contributed by atoms with Gasteiger partial charge in [0, 0.05) is 5.69 Å². The molecule has 0 atom stereocenters. The van der Waals surface area contributed by atoms with Crippen molar-refractivity contribution in [3.05, 3.63) is 126 Å². The van der Waals surface area contributed by atoms with Gasteiger partial charge in [0.05, 0.1) is 0 Å². The average Bonchev–Trinajstić information content (AvgIpc) is 2.90. The Balaban J connectivity index is 1.36. The number of benzene rings is 4. The van der Waals surface area contributed by atoms with Crippen molar-refractivity contribution in [2.45, 2.75) is 0 Å². The molecule has 1 N–H and O–H groups in total. The molecule has 0 spiro atoms. The average molecular weight is 459 g/mol. The fourth-order valence-electron chi connectivity index (χ4n) is 3.24. The highest BCUT2D eigenvalue weighted by atomic mass is 16.5. The third-order valence-electron chi connectivity index (χ3n) is 4.93. The molecule has 0 aliphatic heterocycles. The smallest absolute Gasteiger partial charge is 0.330 e. The third kappa shape index (κ3) is 6.30. The zero-order valence-electron chi connectivity index (χ0n) is 18.8. The SMILES string of the molecule is C(=C/c1ccc(Nc2nc(Oc3ccccc3)nc(Oc3ccccc3)n2)cc1)/c1ccccc1. The van der Waals surface area contributed by atoms with E-state index in [-0.39, 0.29) is 12.0 Å². The molecule has 6 heteroatoms. The van der Waals surface area contributed by atoms with Crippen LogP contribution in [0.15, 0.2) is 115 Å². The zero-order chi connectivity index (χ0) is 23.7. The van der Waals surface area contributed by atoms with Gasteiger partial charge in [0.1, 0.15) is 11.5 Å². The van der Waals surface area contributed by atoms with E-state index >= 15 is 0 Å². The lowest BCUT2D eigenvalue weighted by molar-refractivity contribution is 0.399. The van der Waals surface area contributed by atoms with E-state index in [1.54, 1.807) is 0 Å². The van der Waals surface area contributed by atoms with Crippen LogP contribution in [0, 0.1) is 0 Å². The Labute approximate surface area is 203 Å². The van der Waals surface area contributed by atoms with E-state index in [1.165, 1.54) is 0 Å². The number of ether oxygens (including phenoxy) is 2. The first-order chi connectivity index (χ1) is 17.3. The van der Waals surface area contributed by atoms with Crippen molar-refractivity contribution in [3.8, 4) is 23.5 Å². The highest BCUT2D eigenvalue weighted by Gasteiger charge is 2.11. The molecular weight excluding hydrogens is 436 g/mol. The van der Waals surface area contributed by atoms with Gasteiger partial charge in [-0.15, -0.1) is 4.98 Å². The summed E-state index contributed by atoms with van der Waals surface area (Å²) in [6, 6.07) is 37.1. The maximum atomic E-state index is 5.84. The molecule has 1 heterocycles. The number of aromatic nitrogens is 3. The summed E-state index contributed by atoms with van der Waals surface area (Å²) in [6.45, 7) is 0. The summed E-state index contributed by atoms with van der Waals surface area (Å²) < 4.78 is 11.7. The molecule has 6 nitrogen and oxygen atoms in total. The highest BCUT2D eigenvalue weighted by Crippen LogP contribution is 2.25. The second kappa shape index (κ2) is 10.8. The fourth-order valence-corrected chi connectivity index (χ4v) is 3.24. The predicted octanol–water partition coefficient (Wildman–Crippen LogP) is 7.37. The molecule has 5 aromatic rings. The molecule has 1 aromatic heterocycles. The van der Waals surface area contributed by atoms with Crippen molar-refractivity contribution in [2.24, 2.45) is 0 Å². The molecule has 0 aliphatic carbocycles. The van der Waals surface area contributed by atoms with Gasteiger partial charge in [-0.1, -0.05) is 91.0 Å². The van der Waals surface area contributed by atoms with Crippen molar-refractivity contribution < 1.29 is 9.47 Å². The van der Waals surface area contributed by atoms with Gasteiger partial charge in [0.2, 0.25) is 5.95 Å². The van der Waals surface area contributed by atoms with Crippen LogP contribution >= 0.6 is 0 Å². The molecule has 0 unspecified atom stereocenters. The lowest BCUT2D eigenvalue weighted by Gasteiger charge is -2.10. The molecule has 170 valence electrons. The molecule has 0 saturated heterocycles. The van der Waals surface area contributed by atoms with Gasteiger partial charge < -0.3 is 14.8 Å². The van der Waals surface area contributed by atoms with Gasteiger partial charge in [-0.2, -0.15) is 9.97 Å². The molecule has 0 aliphatic rings. The van der Waals surface area contributed by atoms with Crippen LogP contribution in [0.4, 0.5) is 11.6 Å². The van der Waals surface area contributed by atoms with E-state index < -0.39 is 0 Å². The van der Waals surface area contributed by atoms with Gasteiger partial charge in [-0.25, -0.2) is 0 Å². The van der Waals surface area contributed by atoms with E-state index in [4.69, 9.17) is 9.47 Å². The number of rotatable bonds is 8. The molecule has 0 saturated carbocycles. The molecule has 0 amide bonds. The Morgan fingerprint density at radius 3 is 1.46 bits per heavy atom. The Bertz CT molecular complexity index is 1330. The van der Waals surface area contributed by atoms with E-state index in [9.17, 15) is 0 Å². The first-order valence-electron chi connectivity index (χ1n) is 11.1. The zero-order valence-corrected chi connectivity index (χ0v) is 18.8. The van der Waals surface area contributed by atoms with Crippen molar-refractivity contribution in [2.75, 3.05) is 5.32 Å². The summed E-state index contributed by atoms with van der Waals surface area (Å²) in [4.78, 5) is 13.1. The number of para-hydroxylation sites is 2. The minimum atomic E-state index is 0.127. The van der Waals surface area contributed by atoms with Crippen LogP contribution in [-0.2, 0) is 0 Å². The highest BCUT2D eigenvalue weighted by molar-refractivity contribution is 5.70. The quantitative estimate of drug-likeness (QED) is 0.245. The standard InChI is InChI=1S/C29H22N4O2/c1-4-10-22(11-5-1)16-17-23-18-20-24(21-19-23)30-27-31-28(34-25-12-6-2-7-13-25)33-29(32-27)35-26-14-8-3-9-15-26/h1-21H,(H,30,31,32,33)/b17-16-. The first kappa shape index (κ1) is 21.9. The van der Waals surface area contributed by atoms with Crippen molar-refractivity contribution >= 4 is 23.8 Å². The van der Waals surface area contributed by atoms with Gasteiger partial charge in [0.15, 0.2) is 0 Å². The number of hydrogen-bond donors (Lipinski definition) is 1. The minimum absolute atomic E-state index is 0.127. The topological polar surface area (TPSA) is 69.2 Å². The Hall–Kier alpha value is -4.97. The molecule has 5 rings (SSSR count). The molecule has 0 bridgehead atoms. The van der Waals surface area contributed by atoms with E-state index in [0.29, 0.717) is 17.4 Å². The van der Waals surface area contributed by atoms with Crippen LogP contribution in [0.25, 0.3) is 12.2 Å². The van der Waals surface area contributed by atoms with Crippen molar-refractivity contribution in [1.29, 1.82) is 0 Å². The molecule has 0 radical (unpaired) electrons. The second-order valence-electron chi connectivity index (χ2n) is 7.55. The van der Waals surface area contributed by atoms with Crippen LogP contribution in [0.3, 0.4) is 0 Å². The van der Waals surface area contributed by atoms with Crippen LogP contribution < -0.4 is 14.8 Å². The summed E-state index contributed by atoms with van der Waals surface area (Å²) >= 11 is 0. The van der Waals surface area contributed by atoms with Crippen molar-refractivity contribution in [3.63, 3.8) is 0 Å². The summed E-state index contributed by atoms with van der Waals surface area (Å²) in [5, 5.41) is 3.21. The number of nitrogens with one attached hydrogen (secondary N) is 1. The molecule has 4 aromatic carbocycles. The summed E-state index contributed by atoms with van der Waals surface area (Å²) in [5.74, 6) is 1.54. The normalized spacial score (nSPS) is 10.7. The number of hydrogen-bond acceptors (Lipinski definition) is 6. The first-order valence-corrected chi connectivity index (χ1v) is 11.1. The molecular formula is C29H22N4O2. The fraction of sp³-hybridized carbons (Fsp3) is 0. The summed E-state index contributed by atoms with van der Waals surface area (Å²) in [5.41, 5.74) is 3.05. The summed E-state index contributed by atoms with van der Waals surface area (Å²) in [7, 11) is 0. The number of anilines is 2. The Morgan fingerprint density at radius 1 is 0.486 bits per heavy atom. The molecule has 35 heavy (non-hydrogen) atoms. The largest absolute Gasteiger partial charge is 0.424 e. The minimum Gasteiger partial charge on any atom is -0.424 e. The van der Waals surface area contributed by atoms with Gasteiger partial charge in [0.25, 0.3) is 0 Å². The van der Waals surface area contributed by atoms with Crippen LogP contribution in [-0.4, -0.2) is 15.0 Å². The Morgan fingerprint density at radius 2 is 0.943 bits per heavy atom. The van der Waals surface area contributed by atoms with Gasteiger partial charge >= 0.3 is 12.0 Å². The van der Waals surface area contributed by atoms with Gasteiger partial charge in [-0.3, -0.25) is 0 Å². The maximum absolute atomic E-state index is 5.84. The van der Waals surface area contributed by atoms with Crippen LogP contribution in [0.1, 0.15) is 11.1 Å². The van der Waals surface area contributed by atoms with E-state index in [2.05, 4.69) is 44.6 Å². The lowest BCUT2D eigenvalue weighted by atomic mass is 10.1. The Kier molecular flexibility index (Phi) is 6.72. The second-order valence-corrected chi connectivity index (χ2v) is 7.55. The third-order valence-corrected chi connectivity index (χ3v) is 4.93. The monoisotopic (exact) mass is 458 g/mol. The molecule has 0 fully saturated rings. The van der Waals surface area contributed by atoms with Crippen LogP contribution in [0.2, 0.25) is 0 Å². The van der Waals surface area contributed by atoms with Crippen LogP contribution in [0.5, 0.6) is 23.5 Å². The summed E-state index contributed by atoms with van der Waals surface area (Å²) in [6.07, 6.45) is 4.15. The van der Waals surface area contributed by atoms with Gasteiger partial charge in [-0.05, 0) is 47.5 Å². The van der Waals surface area contributed by atoms with E-state index in [0.717, 1.165) is 16.8 Å². The van der Waals surface area contributed by atoms with Crippen molar-refractivity contribution in [1.82, 2.24) is 15.0 Å². The number of nitrogens with zero attached hydrogens (tertiary/aromatic N) is 3. The lowest BCUT2D eigenvalue weighted by Crippen LogP contribution is -2.03. The van der Waals surface area contributed by atoms with E-state index in [1.807, 2.05) is 103 Å². The maximum Gasteiger partial charge on any atom is 0.330 e. The predicted molar refractivity (Wildman–Crippen MR) is 138 cm³/mol.